The molecule has 0 saturated heterocycles. The highest BCUT2D eigenvalue weighted by atomic mass is 19.2. The van der Waals surface area contributed by atoms with Crippen LogP contribution in [0.1, 0.15) is 20.3 Å². The Morgan fingerprint density at radius 1 is 1.17 bits per heavy atom. The molecule has 0 bridgehead atoms. The van der Waals surface area contributed by atoms with E-state index in [1.165, 1.54) is 6.92 Å². The van der Waals surface area contributed by atoms with Crippen LogP contribution >= 0.6 is 0 Å². The highest BCUT2D eigenvalue weighted by molar-refractivity contribution is 5.94. The molecular weight excluding hydrogens is 249 g/mol. The van der Waals surface area contributed by atoms with E-state index in [4.69, 9.17) is 0 Å². The molecule has 3 nitrogen and oxygen atoms in total. The van der Waals surface area contributed by atoms with Gasteiger partial charge in [-0.1, -0.05) is 0 Å². The predicted molar refractivity (Wildman–Crippen MR) is 58.2 cm³/mol. The molecule has 0 aliphatic heterocycles. The van der Waals surface area contributed by atoms with Crippen LogP contribution in [0.2, 0.25) is 0 Å². The zero-order valence-electron chi connectivity index (χ0n) is 10.0. The standard InChI is InChI=1S/C6H3F3.C6H10O3/c7-4-1-2-5(8)6(9)3-4;1-3-9-6(8)4-5(2)7/h1-3H;3-4H2,1-2H3. The van der Waals surface area contributed by atoms with E-state index >= 15 is 0 Å². The van der Waals surface area contributed by atoms with Crippen molar-refractivity contribution in [2.75, 3.05) is 6.61 Å². The van der Waals surface area contributed by atoms with Crippen molar-refractivity contribution in [3.8, 4) is 0 Å². The molecular formula is C12H13F3O3. The SMILES string of the molecule is CCOC(=O)CC(C)=O.Fc1ccc(F)c(F)c1. The molecule has 0 spiro atoms. The predicted octanol–water partition coefficient (Wildman–Crippen LogP) is 2.63. The Morgan fingerprint density at radius 3 is 2.17 bits per heavy atom. The molecule has 100 valence electrons. The zero-order chi connectivity index (χ0) is 14.1. The van der Waals surface area contributed by atoms with Gasteiger partial charge in [0.15, 0.2) is 11.6 Å². The van der Waals surface area contributed by atoms with Gasteiger partial charge in [-0.05, 0) is 26.0 Å². The number of ketones is 1. The van der Waals surface area contributed by atoms with Crippen molar-refractivity contribution in [1.29, 1.82) is 0 Å². The van der Waals surface area contributed by atoms with Crippen LogP contribution in [-0.4, -0.2) is 18.4 Å². The Hall–Kier alpha value is -1.85. The van der Waals surface area contributed by atoms with Crippen LogP contribution in [0.4, 0.5) is 13.2 Å². The van der Waals surface area contributed by atoms with Gasteiger partial charge in [0.25, 0.3) is 0 Å². The van der Waals surface area contributed by atoms with E-state index < -0.39 is 23.4 Å². The van der Waals surface area contributed by atoms with Crippen LogP contribution in [-0.2, 0) is 14.3 Å². The van der Waals surface area contributed by atoms with Gasteiger partial charge in [0, 0.05) is 6.07 Å². The second-order valence-corrected chi connectivity index (χ2v) is 3.24. The molecule has 1 aromatic rings. The minimum Gasteiger partial charge on any atom is -0.466 e. The highest BCUT2D eigenvalue weighted by Gasteiger charge is 2.03. The number of rotatable bonds is 3. The lowest BCUT2D eigenvalue weighted by Gasteiger charge is -1.96. The average Bonchev–Trinajstić information content (AvgIpc) is 2.24. The maximum Gasteiger partial charge on any atom is 0.313 e. The van der Waals surface area contributed by atoms with Gasteiger partial charge in [-0.25, -0.2) is 13.2 Å². The molecule has 0 amide bonds. The topological polar surface area (TPSA) is 43.4 Å². The van der Waals surface area contributed by atoms with Gasteiger partial charge in [-0.2, -0.15) is 0 Å². The zero-order valence-corrected chi connectivity index (χ0v) is 10.0. The van der Waals surface area contributed by atoms with Crippen LogP contribution in [0.5, 0.6) is 0 Å². The number of hydrogen-bond acceptors (Lipinski definition) is 3. The summed E-state index contributed by atoms with van der Waals surface area (Å²) in [5.41, 5.74) is 0. The van der Waals surface area contributed by atoms with Crippen molar-refractivity contribution in [1.82, 2.24) is 0 Å². The number of carbonyl (C=O) groups is 2. The van der Waals surface area contributed by atoms with E-state index in [-0.39, 0.29) is 12.2 Å². The average molecular weight is 262 g/mol. The first-order valence-corrected chi connectivity index (χ1v) is 5.12. The Morgan fingerprint density at radius 2 is 1.78 bits per heavy atom. The maximum atomic E-state index is 12.0. The van der Waals surface area contributed by atoms with Crippen molar-refractivity contribution in [3.05, 3.63) is 35.7 Å². The maximum absolute atomic E-state index is 12.0. The van der Waals surface area contributed by atoms with Gasteiger partial charge in [0.2, 0.25) is 0 Å². The van der Waals surface area contributed by atoms with E-state index in [1.807, 2.05) is 0 Å². The van der Waals surface area contributed by atoms with Gasteiger partial charge in [-0.3, -0.25) is 9.59 Å². The fourth-order valence-electron chi connectivity index (χ4n) is 0.886. The minimum atomic E-state index is -1.16. The summed E-state index contributed by atoms with van der Waals surface area (Å²) in [7, 11) is 0. The lowest BCUT2D eigenvalue weighted by Crippen LogP contribution is -2.07. The van der Waals surface area contributed by atoms with Gasteiger partial charge in [0.05, 0.1) is 6.61 Å². The third-order valence-corrected chi connectivity index (χ3v) is 1.58. The smallest absolute Gasteiger partial charge is 0.313 e. The summed E-state index contributed by atoms with van der Waals surface area (Å²) in [4.78, 5) is 20.6. The second-order valence-electron chi connectivity index (χ2n) is 3.24. The van der Waals surface area contributed by atoms with E-state index in [1.54, 1.807) is 6.92 Å². The fourth-order valence-corrected chi connectivity index (χ4v) is 0.886. The lowest BCUT2D eigenvalue weighted by atomic mass is 10.3. The quantitative estimate of drug-likeness (QED) is 0.478. The number of esters is 1. The molecule has 0 aliphatic rings. The summed E-state index contributed by atoms with van der Waals surface area (Å²) in [5.74, 6) is -3.56. The molecule has 0 heterocycles. The Labute approximate surface area is 103 Å². The molecule has 0 fully saturated rings. The van der Waals surface area contributed by atoms with Crippen LogP contribution in [0.15, 0.2) is 18.2 Å². The number of Topliss-reactive ketones (excluding diaryl/α,β-unsaturated/α-hetero) is 1. The molecule has 0 unspecified atom stereocenters. The third-order valence-electron chi connectivity index (χ3n) is 1.58. The molecule has 1 aromatic carbocycles. The van der Waals surface area contributed by atoms with Crippen molar-refractivity contribution < 1.29 is 27.5 Å². The van der Waals surface area contributed by atoms with Gasteiger partial charge >= 0.3 is 5.97 Å². The third kappa shape index (κ3) is 7.43. The Kier molecular flexibility index (Phi) is 7.42. The van der Waals surface area contributed by atoms with E-state index in [9.17, 15) is 22.8 Å². The summed E-state index contributed by atoms with van der Waals surface area (Å²) >= 11 is 0. The summed E-state index contributed by atoms with van der Waals surface area (Å²) in [6.45, 7) is 3.40. The molecule has 1 rings (SSSR count). The molecule has 0 atom stereocenters. The van der Waals surface area contributed by atoms with E-state index in [0.29, 0.717) is 12.7 Å². The Bertz CT molecular complexity index is 419. The summed E-state index contributed by atoms with van der Waals surface area (Å²) in [6, 6.07) is 2.10. The number of carbonyl (C=O) groups excluding carboxylic acids is 2. The van der Waals surface area contributed by atoms with Crippen molar-refractivity contribution in [2.24, 2.45) is 0 Å². The molecule has 0 saturated carbocycles. The summed E-state index contributed by atoms with van der Waals surface area (Å²) in [5, 5.41) is 0. The first-order valence-electron chi connectivity index (χ1n) is 5.12. The van der Waals surface area contributed by atoms with Crippen molar-refractivity contribution >= 4 is 11.8 Å². The molecule has 0 radical (unpaired) electrons. The van der Waals surface area contributed by atoms with Crippen molar-refractivity contribution in [2.45, 2.75) is 20.3 Å². The minimum absolute atomic E-state index is 0.103. The molecule has 0 aliphatic carbocycles. The number of benzene rings is 1. The highest BCUT2D eigenvalue weighted by Crippen LogP contribution is 2.05. The van der Waals surface area contributed by atoms with Crippen LogP contribution in [0, 0.1) is 17.5 Å². The molecule has 0 aromatic heterocycles. The molecule has 18 heavy (non-hydrogen) atoms. The van der Waals surface area contributed by atoms with E-state index in [0.717, 1.165) is 12.1 Å². The first kappa shape index (κ1) is 16.1. The van der Waals surface area contributed by atoms with Gasteiger partial charge in [0.1, 0.15) is 18.0 Å². The lowest BCUT2D eigenvalue weighted by molar-refractivity contribution is -0.145. The second kappa shape index (κ2) is 8.27. The largest absolute Gasteiger partial charge is 0.466 e. The molecule has 6 heteroatoms. The van der Waals surface area contributed by atoms with Crippen LogP contribution in [0.25, 0.3) is 0 Å². The number of hydrogen-bond donors (Lipinski definition) is 0. The number of ether oxygens (including phenoxy) is 1. The monoisotopic (exact) mass is 262 g/mol. The van der Waals surface area contributed by atoms with Crippen molar-refractivity contribution in [3.63, 3.8) is 0 Å². The summed E-state index contributed by atoms with van der Waals surface area (Å²) in [6.07, 6.45) is -0.103. The Balaban J connectivity index is 0.000000321. The van der Waals surface area contributed by atoms with Gasteiger partial charge < -0.3 is 4.74 Å². The number of halogens is 3. The first-order chi connectivity index (χ1) is 8.36. The molecule has 0 N–H and O–H groups in total. The fraction of sp³-hybridized carbons (Fsp3) is 0.333. The van der Waals surface area contributed by atoms with Crippen LogP contribution in [0.3, 0.4) is 0 Å². The van der Waals surface area contributed by atoms with Gasteiger partial charge in [-0.15, -0.1) is 0 Å². The normalized spacial score (nSPS) is 9.17. The van der Waals surface area contributed by atoms with E-state index in [2.05, 4.69) is 4.74 Å². The summed E-state index contributed by atoms with van der Waals surface area (Å²) < 4.78 is 40.4. The van der Waals surface area contributed by atoms with Crippen LogP contribution < -0.4 is 0 Å².